The molecule has 0 aliphatic carbocycles. The maximum atomic E-state index is 12.1. The number of anilines is 1. The third-order valence-corrected chi connectivity index (χ3v) is 5.36. The number of nitrogens with one attached hydrogen (secondary N) is 1. The second-order valence-electron chi connectivity index (χ2n) is 5.18. The molecule has 0 spiro atoms. The van der Waals surface area contributed by atoms with Gasteiger partial charge in [-0.2, -0.15) is 0 Å². The Bertz CT molecular complexity index is 736. The molecule has 0 amide bonds. The lowest BCUT2D eigenvalue weighted by atomic mass is 10.1. The molecule has 0 aromatic heterocycles. The molecular weight excluding hydrogens is 282 g/mol. The summed E-state index contributed by atoms with van der Waals surface area (Å²) < 4.78 is 24.2. The first-order chi connectivity index (χ1) is 9.94. The summed E-state index contributed by atoms with van der Waals surface area (Å²) >= 11 is 0. The van der Waals surface area contributed by atoms with Crippen molar-refractivity contribution >= 4 is 15.5 Å². The molecule has 0 aliphatic rings. The molecule has 112 valence electrons. The van der Waals surface area contributed by atoms with E-state index in [0.717, 1.165) is 0 Å². The molecule has 0 radical (unpaired) electrons. The monoisotopic (exact) mass is 303 g/mol. The van der Waals surface area contributed by atoms with Gasteiger partial charge in [-0.1, -0.05) is 42.8 Å². The zero-order chi connectivity index (χ0) is 15.5. The van der Waals surface area contributed by atoms with Crippen LogP contribution in [0.4, 0.5) is 5.69 Å². The Morgan fingerprint density at radius 3 is 2.48 bits per heavy atom. The van der Waals surface area contributed by atoms with E-state index in [1.54, 1.807) is 19.1 Å². The van der Waals surface area contributed by atoms with E-state index in [4.69, 9.17) is 0 Å². The number of rotatable bonds is 5. The van der Waals surface area contributed by atoms with Crippen LogP contribution in [0.2, 0.25) is 0 Å². The van der Waals surface area contributed by atoms with Crippen LogP contribution in [0.1, 0.15) is 23.6 Å². The predicted molar refractivity (Wildman–Crippen MR) is 87.4 cm³/mol. The molecule has 3 nitrogen and oxygen atoms in total. The SMILES string of the molecule is CCS(=O)(=O)c1ccccc1NCc1cc(C)ccc1C. The van der Waals surface area contributed by atoms with Gasteiger partial charge in [0.25, 0.3) is 0 Å². The maximum absolute atomic E-state index is 12.1. The number of para-hydroxylation sites is 1. The summed E-state index contributed by atoms with van der Waals surface area (Å²) in [6, 6.07) is 13.4. The van der Waals surface area contributed by atoms with Gasteiger partial charge in [-0.3, -0.25) is 0 Å². The Morgan fingerprint density at radius 1 is 1.05 bits per heavy atom. The van der Waals surface area contributed by atoms with Gasteiger partial charge < -0.3 is 5.32 Å². The topological polar surface area (TPSA) is 46.2 Å². The van der Waals surface area contributed by atoms with E-state index in [1.807, 2.05) is 12.1 Å². The second-order valence-corrected chi connectivity index (χ2v) is 7.43. The van der Waals surface area contributed by atoms with Crippen LogP contribution in [-0.2, 0) is 16.4 Å². The number of hydrogen-bond acceptors (Lipinski definition) is 3. The van der Waals surface area contributed by atoms with E-state index in [0.29, 0.717) is 17.1 Å². The molecule has 4 heteroatoms. The average Bonchev–Trinajstić information content (AvgIpc) is 2.48. The van der Waals surface area contributed by atoms with Crippen molar-refractivity contribution in [1.29, 1.82) is 0 Å². The summed E-state index contributed by atoms with van der Waals surface area (Å²) in [5.74, 6) is 0.106. The lowest BCUT2D eigenvalue weighted by Gasteiger charge is -2.13. The number of hydrogen-bond donors (Lipinski definition) is 1. The summed E-state index contributed by atoms with van der Waals surface area (Å²) in [6.07, 6.45) is 0. The van der Waals surface area contributed by atoms with Gasteiger partial charge in [0.15, 0.2) is 9.84 Å². The van der Waals surface area contributed by atoms with Gasteiger partial charge in [0.1, 0.15) is 0 Å². The fourth-order valence-electron chi connectivity index (χ4n) is 2.22. The van der Waals surface area contributed by atoms with Crippen LogP contribution in [0.15, 0.2) is 47.4 Å². The van der Waals surface area contributed by atoms with Crippen molar-refractivity contribution in [2.24, 2.45) is 0 Å². The third kappa shape index (κ3) is 3.64. The van der Waals surface area contributed by atoms with E-state index >= 15 is 0 Å². The van der Waals surface area contributed by atoms with Crippen LogP contribution >= 0.6 is 0 Å². The molecule has 0 heterocycles. The fourth-order valence-corrected chi connectivity index (χ4v) is 3.29. The highest BCUT2D eigenvalue weighted by atomic mass is 32.2. The van der Waals surface area contributed by atoms with Crippen molar-refractivity contribution in [3.8, 4) is 0 Å². The third-order valence-electron chi connectivity index (χ3n) is 3.58. The largest absolute Gasteiger partial charge is 0.380 e. The van der Waals surface area contributed by atoms with Gasteiger partial charge in [-0.05, 0) is 37.1 Å². The molecule has 2 aromatic rings. The summed E-state index contributed by atoms with van der Waals surface area (Å²) in [5, 5.41) is 3.26. The lowest BCUT2D eigenvalue weighted by molar-refractivity contribution is 0.597. The molecule has 0 saturated heterocycles. The van der Waals surface area contributed by atoms with E-state index < -0.39 is 9.84 Å². The summed E-state index contributed by atoms with van der Waals surface area (Å²) in [6.45, 7) is 6.39. The molecule has 21 heavy (non-hydrogen) atoms. The molecule has 1 N–H and O–H groups in total. The van der Waals surface area contributed by atoms with E-state index in [-0.39, 0.29) is 5.75 Å². The first-order valence-electron chi connectivity index (χ1n) is 7.06. The smallest absolute Gasteiger partial charge is 0.180 e. The maximum Gasteiger partial charge on any atom is 0.180 e. The van der Waals surface area contributed by atoms with Crippen molar-refractivity contribution in [3.05, 3.63) is 59.2 Å². The predicted octanol–water partition coefficient (Wildman–Crippen LogP) is 3.71. The van der Waals surface area contributed by atoms with Gasteiger partial charge >= 0.3 is 0 Å². The normalized spacial score (nSPS) is 11.4. The highest BCUT2D eigenvalue weighted by Gasteiger charge is 2.15. The Hall–Kier alpha value is -1.81. The first-order valence-corrected chi connectivity index (χ1v) is 8.71. The Balaban J connectivity index is 2.27. The molecule has 0 bridgehead atoms. The number of benzene rings is 2. The van der Waals surface area contributed by atoms with Crippen molar-refractivity contribution in [2.45, 2.75) is 32.2 Å². The molecule has 0 fully saturated rings. The fraction of sp³-hybridized carbons (Fsp3) is 0.294. The molecule has 0 saturated carbocycles. The van der Waals surface area contributed by atoms with Crippen LogP contribution < -0.4 is 5.32 Å². The second kappa shape index (κ2) is 6.31. The van der Waals surface area contributed by atoms with Crippen LogP contribution in [0, 0.1) is 13.8 Å². The van der Waals surface area contributed by atoms with Crippen molar-refractivity contribution < 1.29 is 8.42 Å². The van der Waals surface area contributed by atoms with E-state index in [9.17, 15) is 8.42 Å². The Labute approximate surface area is 126 Å². The molecule has 2 aromatic carbocycles. The van der Waals surface area contributed by atoms with Crippen LogP contribution in [-0.4, -0.2) is 14.2 Å². The minimum atomic E-state index is -3.21. The molecule has 0 unspecified atom stereocenters. The highest BCUT2D eigenvalue weighted by Crippen LogP contribution is 2.23. The van der Waals surface area contributed by atoms with Gasteiger partial charge in [-0.25, -0.2) is 8.42 Å². The Morgan fingerprint density at radius 2 is 1.76 bits per heavy atom. The van der Waals surface area contributed by atoms with Gasteiger partial charge in [-0.15, -0.1) is 0 Å². The summed E-state index contributed by atoms with van der Waals surface area (Å²) in [5.41, 5.74) is 4.25. The average molecular weight is 303 g/mol. The van der Waals surface area contributed by atoms with Crippen LogP contribution in [0.25, 0.3) is 0 Å². The minimum absolute atomic E-state index is 0.106. The molecule has 2 rings (SSSR count). The van der Waals surface area contributed by atoms with E-state index in [2.05, 4.69) is 37.4 Å². The number of sulfone groups is 1. The summed E-state index contributed by atoms with van der Waals surface area (Å²) in [7, 11) is -3.21. The van der Waals surface area contributed by atoms with Crippen molar-refractivity contribution in [3.63, 3.8) is 0 Å². The van der Waals surface area contributed by atoms with Crippen molar-refractivity contribution in [2.75, 3.05) is 11.1 Å². The van der Waals surface area contributed by atoms with Crippen LogP contribution in [0.5, 0.6) is 0 Å². The molecule has 0 aliphatic heterocycles. The van der Waals surface area contributed by atoms with Crippen molar-refractivity contribution in [1.82, 2.24) is 0 Å². The number of aryl methyl sites for hydroxylation is 2. The quantitative estimate of drug-likeness (QED) is 0.916. The highest BCUT2D eigenvalue weighted by molar-refractivity contribution is 7.91. The van der Waals surface area contributed by atoms with Gasteiger partial charge in [0, 0.05) is 6.54 Å². The lowest BCUT2D eigenvalue weighted by Crippen LogP contribution is -2.09. The van der Waals surface area contributed by atoms with Crippen LogP contribution in [0.3, 0.4) is 0 Å². The Kier molecular flexibility index (Phi) is 4.68. The minimum Gasteiger partial charge on any atom is -0.380 e. The first kappa shape index (κ1) is 15.6. The van der Waals surface area contributed by atoms with Gasteiger partial charge in [0.2, 0.25) is 0 Å². The van der Waals surface area contributed by atoms with Gasteiger partial charge in [0.05, 0.1) is 16.3 Å². The zero-order valence-corrected chi connectivity index (χ0v) is 13.5. The standard InChI is InChI=1S/C17H21NO2S/c1-4-21(19,20)17-8-6-5-7-16(17)18-12-15-11-13(2)9-10-14(15)3/h5-11,18H,4,12H2,1-3H3. The summed E-state index contributed by atoms with van der Waals surface area (Å²) in [4.78, 5) is 0.373. The molecule has 0 atom stereocenters. The zero-order valence-electron chi connectivity index (χ0n) is 12.7. The molecular formula is C17H21NO2S. The van der Waals surface area contributed by atoms with E-state index in [1.165, 1.54) is 16.7 Å².